The number of hydrogen-bond donors (Lipinski definition) is 1. The molecule has 0 aliphatic carbocycles. The third kappa shape index (κ3) is 4.60. The number of benzene rings is 2. The van der Waals surface area contributed by atoms with Gasteiger partial charge in [0.25, 0.3) is 10.0 Å². The molecule has 0 atom stereocenters. The Labute approximate surface area is 161 Å². The molecular weight excluding hydrogens is 388 g/mol. The minimum atomic E-state index is -3.80. The number of rotatable bonds is 8. The Morgan fingerprint density at radius 2 is 1.48 bits per heavy atom. The molecule has 0 aliphatic heterocycles. The number of methoxy groups -OCH3 is 1. The lowest BCUT2D eigenvalue weighted by molar-refractivity contribution is 0.411. The van der Waals surface area contributed by atoms with Gasteiger partial charge in [0.15, 0.2) is 0 Å². The standard InChI is InChI=1S/C18H24N2O5S2/c1-5-20(6-2)27(23,24)16-9-7-15(8-10-16)19-26(21,22)17-11-12-18(25-4)14(3)13-17/h7-13,19H,5-6H2,1-4H3. The van der Waals surface area contributed by atoms with Crippen LogP contribution in [0.1, 0.15) is 19.4 Å². The van der Waals surface area contributed by atoms with E-state index in [-0.39, 0.29) is 15.5 Å². The van der Waals surface area contributed by atoms with E-state index in [2.05, 4.69) is 4.72 Å². The molecule has 1 N–H and O–H groups in total. The first kappa shape index (κ1) is 21.2. The zero-order chi connectivity index (χ0) is 20.2. The fraction of sp³-hybridized carbons (Fsp3) is 0.333. The van der Waals surface area contributed by atoms with E-state index in [0.29, 0.717) is 24.4 Å². The van der Waals surface area contributed by atoms with Crippen molar-refractivity contribution in [2.45, 2.75) is 30.6 Å². The molecule has 2 aromatic carbocycles. The van der Waals surface area contributed by atoms with Crippen molar-refractivity contribution >= 4 is 25.7 Å². The molecule has 0 aromatic heterocycles. The lowest BCUT2D eigenvalue weighted by atomic mass is 10.2. The van der Waals surface area contributed by atoms with Crippen LogP contribution >= 0.6 is 0 Å². The third-order valence-corrected chi connectivity index (χ3v) is 7.57. The molecule has 0 bridgehead atoms. The molecule has 0 saturated heterocycles. The van der Waals surface area contributed by atoms with E-state index in [0.717, 1.165) is 0 Å². The smallest absolute Gasteiger partial charge is 0.261 e. The Balaban J connectivity index is 2.27. The van der Waals surface area contributed by atoms with E-state index in [1.165, 1.54) is 47.8 Å². The van der Waals surface area contributed by atoms with Crippen molar-refractivity contribution in [1.82, 2.24) is 4.31 Å². The highest BCUT2D eigenvalue weighted by atomic mass is 32.2. The number of nitrogens with one attached hydrogen (secondary N) is 1. The second-order valence-corrected chi connectivity index (χ2v) is 9.47. The van der Waals surface area contributed by atoms with Crippen LogP contribution in [0.3, 0.4) is 0 Å². The molecule has 2 aromatic rings. The number of ether oxygens (including phenoxy) is 1. The molecule has 0 heterocycles. The van der Waals surface area contributed by atoms with Gasteiger partial charge in [-0.1, -0.05) is 13.8 Å². The summed E-state index contributed by atoms with van der Waals surface area (Å²) in [6.45, 7) is 6.01. The molecule has 0 aliphatic rings. The second-order valence-electron chi connectivity index (χ2n) is 5.85. The van der Waals surface area contributed by atoms with Crippen molar-refractivity contribution < 1.29 is 21.6 Å². The molecule has 0 radical (unpaired) electrons. The highest BCUT2D eigenvalue weighted by molar-refractivity contribution is 7.92. The van der Waals surface area contributed by atoms with Crippen LogP contribution in [0.4, 0.5) is 5.69 Å². The fourth-order valence-corrected chi connectivity index (χ4v) is 5.24. The van der Waals surface area contributed by atoms with Gasteiger partial charge in [-0.3, -0.25) is 4.72 Å². The maximum Gasteiger partial charge on any atom is 0.261 e. The zero-order valence-corrected chi connectivity index (χ0v) is 17.4. The summed E-state index contributed by atoms with van der Waals surface area (Å²) in [5.74, 6) is 0.597. The number of hydrogen-bond acceptors (Lipinski definition) is 5. The Bertz CT molecular complexity index is 997. The van der Waals surface area contributed by atoms with Crippen molar-refractivity contribution in [3.63, 3.8) is 0 Å². The molecule has 148 valence electrons. The minimum absolute atomic E-state index is 0.0978. The lowest BCUT2D eigenvalue weighted by Crippen LogP contribution is -2.30. The summed E-state index contributed by atoms with van der Waals surface area (Å²) in [5.41, 5.74) is 0.975. The first-order valence-electron chi connectivity index (χ1n) is 8.43. The van der Waals surface area contributed by atoms with E-state index in [1.54, 1.807) is 26.8 Å². The summed E-state index contributed by atoms with van der Waals surface area (Å²) in [6.07, 6.45) is 0. The Morgan fingerprint density at radius 3 is 1.96 bits per heavy atom. The molecule has 0 saturated carbocycles. The van der Waals surface area contributed by atoms with Crippen LogP contribution < -0.4 is 9.46 Å². The van der Waals surface area contributed by atoms with Crippen molar-refractivity contribution in [3.05, 3.63) is 48.0 Å². The summed E-state index contributed by atoms with van der Waals surface area (Å²) in [6, 6.07) is 10.2. The molecule has 2 rings (SSSR count). The number of aryl methyl sites for hydroxylation is 1. The molecule has 0 unspecified atom stereocenters. The lowest BCUT2D eigenvalue weighted by Gasteiger charge is -2.18. The van der Waals surface area contributed by atoms with Crippen molar-refractivity contribution in [2.24, 2.45) is 0 Å². The quantitative estimate of drug-likeness (QED) is 0.720. The first-order valence-corrected chi connectivity index (χ1v) is 11.4. The highest BCUT2D eigenvalue weighted by Gasteiger charge is 2.22. The zero-order valence-electron chi connectivity index (χ0n) is 15.8. The molecule has 0 fully saturated rings. The van der Waals surface area contributed by atoms with E-state index >= 15 is 0 Å². The molecular formula is C18H24N2O5S2. The van der Waals surface area contributed by atoms with E-state index < -0.39 is 20.0 Å². The summed E-state index contributed by atoms with van der Waals surface area (Å²) < 4.78 is 59.0. The fourth-order valence-electron chi connectivity index (χ4n) is 2.64. The molecule has 27 heavy (non-hydrogen) atoms. The Kier molecular flexibility index (Phi) is 6.50. The van der Waals surface area contributed by atoms with Crippen molar-refractivity contribution in [3.8, 4) is 5.75 Å². The van der Waals surface area contributed by atoms with Crippen LogP contribution in [-0.4, -0.2) is 41.3 Å². The predicted octanol–water partition coefficient (Wildman–Crippen LogP) is 2.83. The number of sulfonamides is 2. The highest BCUT2D eigenvalue weighted by Crippen LogP contribution is 2.24. The largest absolute Gasteiger partial charge is 0.496 e. The van der Waals surface area contributed by atoms with Gasteiger partial charge in [0.1, 0.15) is 5.75 Å². The molecule has 9 heteroatoms. The summed E-state index contributed by atoms with van der Waals surface area (Å²) in [4.78, 5) is 0.218. The molecule has 7 nitrogen and oxygen atoms in total. The number of nitrogens with zero attached hydrogens (tertiary/aromatic N) is 1. The van der Waals surface area contributed by atoms with Crippen LogP contribution in [0.25, 0.3) is 0 Å². The van der Waals surface area contributed by atoms with Gasteiger partial charge in [0.05, 0.1) is 16.9 Å². The maximum atomic E-state index is 12.6. The monoisotopic (exact) mass is 412 g/mol. The normalized spacial score (nSPS) is 12.2. The summed E-state index contributed by atoms with van der Waals surface area (Å²) >= 11 is 0. The van der Waals surface area contributed by atoms with Gasteiger partial charge in [-0.05, 0) is 55.0 Å². The molecule has 0 spiro atoms. The topological polar surface area (TPSA) is 92.8 Å². The van der Waals surface area contributed by atoms with Gasteiger partial charge < -0.3 is 4.74 Å². The van der Waals surface area contributed by atoms with Gasteiger partial charge in [-0.2, -0.15) is 4.31 Å². The van der Waals surface area contributed by atoms with Crippen LogP contribution in [-0.2, 0) is 20.0 Å². The van der Waals surface area contributed by atoms with Crippen LogP contribution in [0.15, 0.2) is 52.3 Å². The minimum Gasteiger partial charge on any atom is -0.496 e. The summed E-state index contributed by atoms with van der Waals surface area (Å²) in [5, 5.41) is 0. The first-order chi connectivity index (χ1) is 12.7. The van der Waals surface area contributed by atoms with E-state index in [4.69, 9.17) is 4.74 Å². The number of anilines is 1. The SMILES string of the molecule is CCN(CC)S(=O)(=O)c1ccc(NS(=O)(=O)c2ccc(OC)c(C)c2)cc1. The van der Waals surface area contributed by atoms with Gasteiger partial charge >= 0.3 is 0 Å². The second kappa shape index (κ2) is 8.28. The van der Waals surface area contributed by atoms with E-state index in [9.17, 15) is 16.8 Å². The average molecular weight is 413 g/mol. The van der Waals surface area contributed by atoms with Gasteiger partial charge in [0, 0.05) is 18.8 Å². The van der Waals surface area contributed by atoms with Crippen LogP contribution in [0.5, 0.6) is 5.75 Å². The van der Waals surface area contributed by atoms with Crippen molar-refractivity contribution in [2.75, 3.05) is 24.9 Å². The van der Waals surface area contributed by atoms with Crippen LogP contribution in [0, 0.1) is 6.92 Å². The maximum absolute atomic E-state index is 12.6. The Hall–Kier alpha value is -2.10. The average Bonchev–Trinajstić information content (AvgIpc) is 2.62. The van der Waals surface area contributed by atoms with Crippen molar-refractivity contribution in [1.29, 1.82) is 0 Å². The molecule has 0 amide bonds. The van der Waals surface area contributed by atoms with E-state index in [1.807, 2.05) is 0 Å². The van der Waals surface area contributed by atoms with Crippen LogP contribution in [0.2, 0.25) is 0 Å². The Morgan fingerprint density at radius 1 is 0.926 bits per heavy atom. The van der Waals surface area contributed by atoms with Gasteiger partial charge in [-0.15, -0.1) is 0 Å². The van der Waals surface area contributed by atoms with Gasteiger partial charge in [-0.25, -0.2) is 16.8 Å². The third-order valence-electron chi connectivity index (χ3n) is 4.13. The predicted molar refractivity (Wildman–Crippen MR) is 105 cm³/mol. The van der Waals surface area contributed by atoms with Gasteiger partial charge in [0.2, 0.25) is 10.0 Å². The summed E-state index contributed by atoms with van der Waals surface area (Å²) in [7, 11) is -5.87.